The zero-order valence-corrected chi connectivity index (χ0v) is 9.96. The zero-order valence-electron chi connectivity index (χ0n) is 9.21. The quantitative estimate of drug-likeness (QED) is 0.833. The molecule has 0 spiro atoms. The summed E-state index contributed by atoms with van der Waals surface area (Å²) in [4.78, 5) is 11.6. The van der Waals surface area contributed by atoms with Gasteiger partial charge in [0.25, 0.3) is 0 Å². The van der Waals surface area contributed by atoms with E-state index >= 15 is 0 Å². The molecule has 2 heterocycles. The maximum atomic E-state index is 13.0. The Morgan fingerprint density at radius 3 is 3.00 bits per heavy atom. The normalized spacial score (nSPS) is 18.3. The number of H-pyrrole nitrogens is 1. The number of amides is 1. The third kappa shape index (κ3) is 1.76. The molecule has 0 fully saturated rings. The van der Waals surface area contributed by atoms with Crippen LogP contribution < -0.4 is 5.32 Å². The van der Waals surface area contributed by atoms with Crippen LogP contribution in [0.3, 0.4) is 0 Å². The van der Waals surface area contributed by atoms with Crippen LogP contribution in [0.25, 0.3) is 0 Å². The Kier molecular flexibility index (Phi) is 2.56. The van der Waals surface area contributed by atoms with Gasteiger partial charge in [0.15, 0.2) is 0 Å². The molecule has 4 nitrogen and oxygen atoms in total. The third-order valence-corrected chi connectivity index (χ3v) is 3.36. The Hall–Kier alpha value is -1.88. The first-order chi connectivity index (χ1) is 8.65. The van der Waals surface area contributed by atoms with E-state index in [1.807, 2.05) is 0 Å². The largest absolute Gasteiger partial charge is 0.311 e. The number of nitrogens with zero attached hydrogens (tertiary/aromatic N) is 1. The third-order valence-electron chi connectivity index (χ3n) is 3.04. The number of aromatic amines is 1. The van der Waals surface area contributed by atoms with E-state index in [1.54, 1.807) is 12.3 Å². The molecule has 0 saturated carbocycles. The Bertz CT molecular complexity index is 626. The number of fused-ring (bicyclic) bond motifs is 1. The molecule has 1 aromatic heterocycles. The minimum Gasteiger partial charge on any atom is -0.311 e. The Morgan fingerprint density at radius 2 is 2.22 bits per heavy atom. The van der Waals surface area contributed by atoms with Crippen molar-refractivity contribution in [2.45, 2.75) is 12.3 Å². The molecule has 18 heavy (non-hydrogen) atoms. The van der Waals surface area contributed by atoms with Crippen LogP contribution in [0.5, 0.6) is 0 Å². The van der Waals surface area contributed by atoms with Crippen molar-refractivity contribution in [3.8, 4) is 0 Å². The van der Waals surface area contributed by atoms with Crippen LogP contribution in [-0.4, -0.2) is 16.1 Å². The lowest BCUT2D eigenvalue weighted by Crippen LogP contribution is -2.23. The number of halogens is 2. The highest BCUT2D eigenvalue weighted by Gasteiger charge is 2.29. The summed E-state index contributed by atoms with van der Waals surface area (Å²) in [5.41, 5.74) is 1.60. The van der Waals surface area contributed by atoms with Crippen molar-refractivity contribution >= 4 is 23.3 Å². The van der Waals surface area contributed by atoms with Crippen molar-refractivity contribution in [1.82, 2.24) is 10.2 Å². The number of hydrogen-bond acceptors (Lipinski definition) is 2. The predicted octanol–water partition coefficient (Wildman–Crippen LogP) is 2.68. The average Bonchev–Trinajstić information content (AvgIpc) is 2.76. The van der Waals surface area contributed by atoms with E-state index in [1.165, 1.54) is 12.1 Å². The molecule has 0 aliphatic carbocycles. The molecule has 0 radical (unpaired) electrons. The summed E-state index contributed by atoms with van der Waals surface area (Å²) in [5.74, 6) is -0.120. The Balaban J connectivity index is 2.10. The van der Waals surface area contributed by atoms with Gasteiger partial charge < -0.3 is 5.32 Å². The molecule has 92 valence electrons. The minimum absolute atomic E-state index is 0.114. The molecule has 0 bridgehead atoms. The summed E-state index contributed by atoms with van der Waals surface area (Å²) < 4.78 is 13.0. The number of nitrogens with one attached hydrogen (secondary N) is 2. The molecule has 1 aliphatic rings. The van der Waals surface area contributed by atoms with Crippen molar-refractivity contribution < 1.29 is 9.18 Å². The summed E-state index contributed by atoms with van der Waals surface area (Å²) in [5, 5.41) is 9.64. The van der Waals surface area contributed by atoms with Crippen molar-refractivity contribution in [3.63, 3.8) is 0 Å². The lowest BCUT2D eigenvalue weighted by molar-refractivity contribution is -0.116. The van der Waals surface area contributed by atoms with Gasteiger partial charge in [-0.3, -0.25) is 9.89 Å². The number of aromatic nitrogens is 2. The van der Waals surface area contributed by atoms with Crippen molar-refractivity contribution in [2.75, 3.05) is 5.32 Å². The molecular formula is C12H9ClFN3O. The van der Waals surface area contributed by atoms with E-state index in [0.29, 0.717) is 10.8 Å². The standard InChI is InChI=1S/C12H9ClFN3O/c13-10-3-6(14)1-2-7(10)8-4-11(18)16-12-9(8)5-15-17-12/h1-3,5,8H,4H2,(H2,15,16,17,18)/t8-/m1/s1. The maximum absolute atomic E-state index is 13.0. The number of benzene rings is 1. The van der Waals surface area contributed by atoms with Gasteiger partial charge in [-0.2, -0.15) is 5.10 Å². The van der Waals surface area contributed by atoms with E-state index in [0.717, 1.165) is 11.1 Å². The molecule has 1 atom stereocenters. The molecule has 0 unspecified atom stereocenters. The van der Waals surface area contributed by atoms with Crippen molar-refractivity contribution in [1.29, 1.82) is 0 Å². The summed E-state index contributed by atoms with van der Waals surface area (Å²) in [6, 6.07) is 4.20. The zero-order chi connectivity index (χ0) is 12.7. The van der Waals surface area contributed by atoms with Crippen LogP contribution in [-0.2, 0) is 4.79 Å². The number of carbonyl (C=O) groups is 1. The van der Waals surface area contributed by atoms with E-state index in [2.05, 4.69) is 15.5 Å². The second-order valence-corrected chi connectivity index (χ2v) is 4.58. The number of anilines is 1. The van der Waals surface area contributed by atoms with Gasteiger partial charge in [0.2, 0.25) is 5.91 Å². The van der Waals surface area contributed by atoms with E-state index in [-0.39, 0.29) is 18.2 Å². The van der Waals surface area contributed by atoms with Crippen LogP contribution in [0, 0.1) is 5.82 Å². The van der Waals surface area contributed by atoms with E-state index in [4.69, 9.17) is 11.6 Å². The van der Waals surface area contributed by atoms with Crippen molar-refractivity contribution in [3.05, 3.63) is 46.4 Å². The second kappa shape index (κ2) is 4.10. The topological polar surface area (TPSA) is 57.8 Å². The highest BCUT2D eigenvalue weighted by molar-refractivity contribution is 6.31. The van der Waals surface area contributed by atoms with Crippen LogP contribution >= 0.6 is 11.6 Å². The number of carbonyl (C=O) groups excluding carboxylic acids is 1. The second-order valence-electron chi connectivity index (χ2n) is 4.17. The van der Waals surface area contributed by atoms with Crippen LogP contribution in [0.4, 0.5) is 10.2 Å². The Morgan fingerprint density at radius 1 is 1.39 bits per heavy atom. The van der Waals surface area contributed by atoms with Gasteiger partial charge in [-0.15, -0.1) is 0 Å². The highest BCUT2D eigenvalue weighted by Crippen LogP contribution is 2.38. The molecule has 2 aromatic rings. The summed E-state index contributed by atoms with van der Waals surface area (Å²) in [6.45, 7) is 0. The number of hydrogen-bond donors (Lipinski definition) is 2. The molecule has 1 aromatic carbocycles. The first kappa shape index (κ1) is 11.2. The first-order valence-electron chi connectivity index (χ1n) is 5.43. The van der Waals surface area contributed by atoms with Gasteiger partial charge in [-0.05, 0) is 17.7 Å². The first-order valence-corrected chi connectivity index (χ1v) is 5.81. The SMILES string of the molecule is O=C1C[C@H](c2ccc(F)cc2Cl)c2cn[nH]c2N1. The molecular weight excluding hydrogens is 257 g/mol. The highest BCUT2D eigenvalue weighted by atomic mass is 35.5. The molecule has 1 aliphatic heterocycles. The van der Waals surface area contributed by atoms with E-state index < -0.39 is 5.82 Å². The molecule has 2 N–H and O–H groups in total. The summed E-state index contributed by atoms with van der Waals surface area (Å²) >= 11 is 6.04. The van der Waals surface area contributed by atoms with Crippen LogP contribution in [0.1, 0.15) is 23.5 Å². The average molecular weight is 266 g/mol. The smallest absolute Gasteiger partial charge is 0.226 e. The minimum atomic E-state index is -0.392. The molecule has 0 saturated heterocycles. The number of rotatable bonds is 1. The fraction of sp³-hybridized carbons (Fsp3) is 0.167. The van der Waals surface area contributed by atoms with Gasteiger partial charge in [0.05, 0.1) is 6.20 Å². The summed E-state index contributed by atoms with van der Waals surface area (Å²) in [6.07, 6.45) is 1.93. The Labute approximate surface area is 107 Å². The molecule has 6 heteroatoms. The van der Waals surface area contributed by atoms with Gasteiger partial charge >= 0.3 is 0 Å². The fourth-order valence-electron chi connectivity index (χ4n) is 2.21. The van der Waals surface area contributed by atoms with Gasteiger partial charge in [0.1, 0.15) is 11.6 Å². The molecule has 3 rings (SSSR count). The summed E-state index contributed by atoms with van der Waals surface area (Å²) in [7, 11) is 0. The maximum Gasteiger partial charge on any atom is 0.226 e. The monoisotopic (exact) mass is 265 g/mol. The van der Waals surface area contributed by atoms with Crippen LogP contribution in [0.15, 0.2) is 24.4 Å². The van der Waals surface area contributed by atoms with Gasteiger partial charge in [-0.25, -0.2) is 4.39 Å². The van der Waals surface area contributed by atoms with Crippen molar-refractivity contribution in [2.24, 2.45) is 0 Å². The van der Waals surface area contributed by atoms with Gasteiger partial charge in [0, 0.05) is 22.9 Å². The van der Waals surface area contributed by atoms with Crippen LogP contribution in [0.2, 0.25) is 5.02 Å². The van der Waals surface area contributed by atoms with Gasteiger partial charge in [-0.1, -0.05) is 17.7 Å². The van der Waals surface area contributed by atoms with E-state index in [9.17, 15) is 9.18 Å². The fourth-order valence-corrected chi connectivity index (χ4v) is 2.51. The molecule has 1 amide bonds. The lowest BCUT2D eigenvalue weighted by atomic mass is 9.87. The predicted molar refractivity (Wildman–Crippen MR) is 65.1 cm³/mol. The lowest BCUT2D eigenvalue weighted by Gasteiger charge is -2.23.